The number of imidazole rings is 1. The van der Waals surface area contributed by atoms with Gasteiger partial charge in [0.15, 0.2) is 5.82 Å². The van der Waals surface area contributed by atoms with Gasteiger partial charge in [-0.05, 0) is 43.7 Å². The summed E-state index contributed by atoms with van der Waals surface area (Å²) in [5.41, 5.74) is 9.24. The molecule has 2 aromatic heterocycles. The number of aromatic nitrogens is 4. The van der Waals surface area contributed by atoms with Gasteiger partial charge in [0.1, 0.15) is 5.82 Å². The molecule has 6 rings (SSSR count). The topological polar surface area (TPSA) is 43.6 Å². The van der Waals surface area contributed by atoms with Gasteiger partial charge in [-0.15, -0.1) is 0 Å². The molecule has 4 heteroatoms. The molecule has 0 aliphatic rings. The highest BCUT2D eigenvalue weighted by Crippen LogP contribution is 2.32. The lowest BCUT2D eigenvalue weighted by atomic mass is 10.0. The van der Waals surface area contributed by atoms with Crippen molar-refractivity contribution in [2.75, 3.05) is 0 Å². The summed E-state index contributed by atoms with van der Waals surface area (Å²) in [7, 11) is 0. The average molecular weight is 453 g/mol. The van der Waals surface area contributed by atoms with E-state index in [4.69, 9.17) is 15.0 Å². The molecule has 2 heterocycles. The van der Waals surface area contributed by atoms with Crippen LogP contribution >= 0.6 is 0 Å². The Bertz CT molecular complexity index is 1590. The second-order valence-electron chi connectivity index (χ2n) is 8.63. The maximum atomic E-state index is 5.03. The summed E-state index contributed by atoms with van der Waals surface area (Å²) in [6, 6.07) is 37.2. The van der Waals surface area contributed by atoms with Crippen molar-refractivity contribution in [3.63, 3.8) is 0 Å². The van der Waals surface area contributed by atoms with Crippen molar-refractivity contribution in [3.8, 4) is 39.6 Å². The first-order valence-electron chi connectivity index (χ1n) is 11.7. The highest BCUT2D eigenvalue weighted by atomic mass is 15.1. The average Bonchev–Trinajstić information content (AvgIpc) is 3.25. The third kappa shape index (κ3) is 3.79. The second kappa shape index (κ2) is 8.65. The Morgan fingerprint density at radius 3 is 1.83 bits per heavy atom. The zero-order valence-corrected chi connectivity index (χ0v) is 19.7. The molecule has 0 aliphatic carbocycles. The lowest BCUT2D eigenvalue weighted by Crippen LogP contribution is -2.03. The number of hydrogen-bond acceptors (Lipinski definition) is 3. The van der Waals surface area contributed by atoms with Crippen LogP contribution in [-0.2, 0) is 0 Å². The van der Waals surface area contributed by atoms with Crippen molar-refractivity contribution < 1.29 is 0 Å². The number of rotatable bonds is 4. The van der Waals surface area contributed by atoms with Crippen LogP contribution in [0.25, 0.3) is 50.6 Å². The van der Waals surface area contributed by atoms with Crippen molar-refractivity contribution in [2.45, 2.75) is 13.8 Å². The maximum absolute atomic E-state index is 5.03. The third-order valence-electron chi connectivity index (χ3n) is 6.38. The molecule has 0 saturated heterocycles. The quantitative estimate of drug-likeness (QED) is 0.279. The molecule has 4 aromatic carbocycles. The predicted molar refractivity (Wildman–Crippen MR) is 142 cm³/mol. The van der Waals surface area contributed by atoms with Gasteiger partial charge < -0.3 is 0 Å². The Kier molecular flexibility index (Phi) is 5.19. The summed E-state index contributed by atoms with van der Waals surface area (Å²) >= 11 is 0. The fraction of sp³-hybridized carbons (Fsp3) is 0.0645. The summed E-state index contributed by atoms with van der Waals surface area (Å²) < 4.78 is 2.22. The van der Waals surface area contributed by atoms with Gasteiger partial charge in [0.05, 0.1) is 28.1 Å². The van der Waals surface area contributed by atoms with Crippen LogP contribution in [0.1, 0.15) is 11.4 Å². The maximum Gasteiger partial charge on any atom is 0.160 e. The van der Waals surface area contributed by atoms with Gasteiger partial charge in [-0.1, -0.05) is 84.9 Å². The molecule has 0 bridgehead atoms. The van der Waals surface area contributed by atoms with E-state index in [1.807, 2.05) is 49.4 Å². The monoisotopic (exact) mass is 452 g/mol. The summed E-state index contributed by atoms with van der Waals surface area (Å²) in [6.45, 7) is 4.19. The van der Waals surface area contributed by atoms with E-state index in [2.05, 4.69) is 78.2 Å². The minimum absolute atomic E-state index is 0.714. The largest absolute Gasteiger partial charge is 0.296 e. The Morgan fingerprint density at radius 1 is 0.571 bits per heavy atom. The van der Waals surface area contributed by atoms with Crippen LogP contribution in [0.4, 0.5) is 0 Å². The molecule has 0 saturated carbocycles. The Morgan fingerprint density at radius 2 is 1.17 bits per heavy atom. The third-order valence-corrected chi connectivity index (χ3v) is 6.38. The minimum atomic E-state index is 0.714. The molecule has 6 aromatic rings. The van der Waals surface area contributed by atoms with Gasteiger partial charge in [-0.2, -0.15) is 0 Å². The normalized spacial score (nSPS) is 11.1. The Hall–Kier alpha value is -4.57. The van der Waals surface area contributed by atoms with Gasteiger partial charge in [-0.25, -0.2) is 15.0 Å². The zero-order chi connectivity index (χ0) is 23.8. The number of benzene rings is 4. The van der Waals surface area contributed by atoms with Crippen LogP contribution in [0.2, 0.25) is 0 Å². The first-order valence-corrected chi connectivity index (χ1v) is 11.7. The number of aryl methyl sites for hydroxylation is 1. The molecule has 0 spiro atoms. The predicted octanol–water partition coefficient (Wildman–Crippen LogP) is 7.43. The summed E-state index contributed by atoms with van der Waals surface area (Å²) in [5, 5.41) is 0. The van der Waals surface area contributed by atoms with Crippen molar-refractivity contribution in [1.82, 2.24) is 19.5 Å². The fourth-order valence-electron chi connectivity index (χ4n) is 4.64. The molecule has 168 valence electrons. The van der Waals surface area contributed by atoms with Crippen LogP contribution in [0.3, 0.4) is 0 Å². The molecule has 0 amide bonds. The molecule has 0 radical (unpaired) electrons. The Labute approximate surface area is 204 Å². The highest BCUT2D eigenvalue weighted by Gasteiger charge is 2.16. The highest BCUT2D eigenvalue weighted by molar-refractivity contribution is 5.80. The van der Waals surface area contributed by atoms with Crippen LogP contribution in [-0.4, -0.2) is 19.5 Å². The summed E-state index contributed by atoms with van der Waals surface area (Å²) in [4.78, 5) is 14.8. The van der Waals surface area contributed by atoms with Crippen molar-refractivity contribution in [1.29, 1.82) is 0 Å². The van der Waals surface area contributed by atoms with Crippen LogP contribution in [0.15, 0.2) is 109 Å². The van der Waals surface area contributed by atoms with E-state index in [0.717, 1.165) is 56.2 Å². The van der Waals surface area contributed by atoms with Gasteiger partial charge in [0.25, 0.3) is 0 Å². The smallest absolute Gasteiger partial charge is 0.160 e. The molecule has 4 nitrogen and oxygen atoms in total. The zero-order valence-electron chi connectivity index (χ0n) is 19.7. The molecule has 0 aliphatic heterocycles. The SMILES string of the molecule is Cc1c(-c2nc(-c3ccccc3)cc(-c3ccccc3)n2)cccc1-n1c(C)nc2ccccc21. The summed E-state index contributed by atoms with van der Waals surface area (Å²) in [5.74, 6) is 1.67. The molecule has 35 heavy (non-hydrogen) atoms. The van der Waals surface area contributed by atoms with Crippen LogP contribution in [0.5, 0.6) is 0 Å². The lowest BCUT2D eigenvalue weighted by Gasteiger charge is -2.15. The molecule has 0 fully saturated rings. The fourth-order valence-corrected chi connectivity index (χ4v) is 4.64. The first-order chi connectivity index (χ1) is 17.2. The van der Waals surface area contributed by atoms with E-state index in [9.17, 15) is 0 Å². The van der Waals surface area contributed by atoms with E-state index in [1.165, 1.54) is 0 Å². The first kappa shape index (κ1) is 21.0. The van der Waals surface area contributed by atoms with Gasteiger partial charge in [0, 0.05) is 16.7 Å². The van der Waals surface area contributed by atoms with E-state index in [0.29, 0.717) is 5.82 Å². The van der Waals surface area contributed by atoms with Gasteiger partial charge in [0.2, 0.25) is 0 Å². The van der Waals surface area contributed by atoms with E-state index >= 15 is 0 Å². The molecular weight excluding hydrogens is 428 g/mol. The number of para-hydroxylation sites is 2. The van der Waals surface area contributed by atoms with E-state index < -0.39 is 0 Å². The van der Waals surface area contributed by atoms with Crippen molar-refractivity contribution in [3.05, 3.63) is 121 Å². The van der Waals surface area contributed by atoms with E-state index in [1.54, 1.807) is 0 Å². The van der Waals surface area contributed by atoms with Gasteiger partial charge >= 0.3 is 0 Å². The summed E-state index contributed by atoms with van der Waals surface area (Å²) in [6.07, 6.45) is 0. The van der Waals surface area contributed by atoms with Crippen LogP contribution in [0, 0.1) is 13.8 Å². The number of nitrogens with zero attached hydrogens (tertiary/aromatic N) is 4. The standard InChI is InChI=1S/C31H24N4/c1-21-25(16-11-19-29(21)35-22(2)32-26-17-9-10-18-30(26)35)31-33-27(23-12-5-3-6-13-23)20-28(34-31)24-14-7-4-8-15-24/h3-20H,1-2H3. The molecule has 0 atom stereocenters. The van der Waals surface area contributed by atoms with Crippen molar-refractivity contribution in [2.24, 2.45) is 0 Å². The second-order valence-corrected chi connectivity index (χ2v) is 8.63. The van der Waals surface area contributed by atoms with Gasteiger partial charge in [-0.3, -0.25) is 4.57 Å². The number of fused-ring (bicyclic) bond motifs is 1. The molecular formula is C31H24N4. The minimum Gasteiger partial charge on any atom is -0.296 e. The van der Waals surface area contributed by atoms with E-state index in [-0.39, 0.29) is 0 Å². The molecule has 0 N–H and O–H groups in total. The van der Waals surface area contributed by atoms with Crippen molar-refractivity contribution >= 4 is 11.0 Å². The Balaban J connectivity index is 1.57. The molecule has 0 unspecified atom stereocenters. The number of hydrogen-bond donors (Lipinski definition) is 0. The van der Waals surface area contributed by atoms with Crippen LogP contribution < -0.4 is 0 Å². The lowest BCUT2D eigenvalue weighted by molar-refractivity contribution is 0.989.